The first-order chi connectivity index (χ1) is 8.93. The second kappa shape index (κ2) is 5.25. The quantitative estimate of drug-likeness (QED) is 0.824. The number of aromatic nitrogens is 2. The van der Waals surface area contributed by atoms with Crippen LogP contribution in [0.4, 0.5) is 0 Å². The van der Waals surface area contributed by atoms with E-state index in [9.17, 15) is 0 Å². The van der Waals surface area contributed by atoms with Gasteiger partial charge < -0.3 is 9.30 Å². The van der Waals surface area contributed by atoms with Crippen LogP contribution in [-0.2, 0) is 19.4 Å². The molecule has 0 fully saturated rings. The zero-order chi connectivity index (χ0) is 12.2. The van der Waals surface area contributed by atoms with Gasteiger partial charge in [-0.3, -0.25) is 0 Å². The summed E-state index contributed by atoms with van der Waals surface area (Å²) in [4.78, 5) is 4.03. The molecule has 1 aliphatic rings. The SMILES string of the molecule is c1cc2c(c(OCCn3ccnc3)c1)CCCC2. The Morgan fingerprint density at radius 2 is 2.17 bits per heavy atom. The average molecular weight is 242 g/mol. The van der Waals surface area contributed by atoms with Crippen LogP contribution in [0.15, 0.2) is 36.9 Å². The van der Waals surface area contributed by atoms with Gasteiger partial charge in [-0.25, -0.2) is 4.98 Å². The molecule has 0 N–H and O–H groups in total. The number of benzene rings is 1. The van der Waals surface area contributed by atoms with E-state index >= 15 is 0 Å². The molecular formula is C15H18N2O. The Morgan fingerprint density at radius 1 is 1.22 bits per heavy atom. The standard InChI is InChI=1S/C15H18N2O/c1-2-6-14-13(4-1)5-3-7-15(14)18-11-10-17-9-8-16-12-17/h3,5,7-9,12H,1-2,4,6,10-11H2. The van der Waals surface area contributed by atoms with Crippen LogP contribution in [0, 0.1) is 0 Å². The number of ether oxygens (including phenoxy) is 1. The lowest BCUT2D eigenvalue weighted by Crippen LogP contribution is -2.10. The summed E-state index contributed by atoms with van der Waals surface area (Å²) in [5, 5.41) is 0. The van der Waals surface area contributed by atoms with Crippen LogP contribution in [0.5, 0.6) is 5.75 Å². The molecule has 0 unspecified atom stereocenters. The van der Waals surface area contributed by atoms with Crippen LogP contribution in [0.25, 0.3) is 0 Å². The maximum absolute atomic E-state index is 5.93. The van der Waals surface area contributed by atoms with Gasteiger partial charge in [0.1, 0.15) is 12.4 Å². The van der Waals surface area contributed by atoms with Crippen molar-refractivity contribution in [1.29, 1.82) is 0 Å². The molecule has 0 amide bonds. The number of hydrogen-bond acceptors (Lipinski definition) is 2. The van der Waals surface area contributed by atoms with Crippen LogP contribution in [0.2, 0.25) is 0 Å². The van der Waals surface area contributed by atoms with Crippen molar-refractivity contribution in [2.45, 2.75) is 32.2 Å². The van der Waals surface area contributed by atoms with Crippen molar-refractivity contribution in [3.05, 3.63) is 48.0 Å². The Balaban J connectivity index is 1.65. The molecule has 0 bridgehead atoms. The normalized spacial score (nSPS) is 14.2. The van der Waals surface area contributed by atoms with Crippen molar-refractivity contribution in [1.82, 2.24) is 9.55 Å². The van der Waals surface area contributed by atoms with Crippen molar-refractivity contribution >= 4 is 0 Å². The minimum absolute atomic E-state index is 0.701. The van der Waals surface area contributed by atoms with Crippen molar-refractivity contribution in [2.75, 3.05) is 6.61 Å². The van der Waals surface area contributed by atoms with Crippen molar-refractivity contribution in [2.24, 2.45) is 0 Å². The third-order valence-corrected chi connectivity index (χ3v) is 3.52. The largest absolute Gasteiger partial charge is 0.491 e. The highest BCUT2D eigenvalue weighted by Gasteiger charge is 2.13. The van der Waals surface area contributed by atoms with Gasteiger partial charge >= 0.3 is 0 Å². The zero-order valence-electron chi connectivity index (χ0n) is 10.5. The lowest BCUT2D eigenvalue weighted by molar-refractivity contribution is 0.294. The molecule has 1 aromatic heterocycles. The van der Waals surface area contributed by atoms with E-state index in [0.717, 1.165) is 18.7 Å². The molecule has 1 heterocycles. The number of hydrogen-bond donors (Lipinski definition) is 0. The van der Waals surface area contributed by atoms with E-state index in [1.54, 1.807) is 6.20 Å². The van der Waals surface area contributed by atoms with Gasteiger partial charge in [0.25, 0.3) is 0 Å². The summed E-state index contributed by atoms with van der Waals surface area (Å²) in [6, 6.07) is 6.44. The number of nitrogens with zero attached hydrogens (tertiary/aromatic N) is 2. The van der Waals surface area contributed by atoms with Gasteiger partial charge in [0.15, 0.2) is 0 Å². The van der Waals surface area contributed by atoms with Crippen LogP contribution in [0.1, 0.15) is 24.0 Å². The molecule has 1 aromatic carbocycles. The van der Waals surface area contributed by atoms with E-state index in [-0.39, 0.29) is 0 Å². The van der Waals surface area contributed by atoms with E-state index in [4.69, 9.17) is 4.74 Å². The second-order valence-corrected chi connectivity index (χ2v) is 4.75. The molecule has 3 nitrogen and oxygen atoms in total. The molecule has 0 radical (unpaired) electrons. The third-order valence-electron chi connectivity index (χ3n) is 3.52. The fourth-order valence-electron chi connectivity index (χ4n) is 2.56. The number of aryl methyl sites for hydroxylation is 1. The van der Waals surface area contributed by atoms with Crippen molar-refractivity contribution < 1.29 is 4.74 Å². The van der Waals surface area contributed by atoms with E-state index in [0.29, 0.717) is 6.61 Å². The monoisotopic (exact) mass is 242 g/mol. The van der Waals surface area contributed by atoms with Crippen molar-refractivity contribution in [3.8, 4) is 5.75 Å². The van der Waals surface area contributed by atoms with Crippen LogP contribution in [-0.4, -0.2) is 16.2 Å². The lowest BCUT2D eigenvalue weighted by atomic mass is 9.91. The fourth-order valence-corrected chi connectivity index (χ4v) is 2.56. The highest BCUT2D eigenvalue weighted by Crippen LogP contribution is 2.29. The molecule has 3 heteroatoms. The molecular weight excluding hydrogens is 224 g/mol. The predicted molar refractivity (Wildman–Crippen MR) is 70.8 cm³/mol. The summed E-state index contributed by atoms with van der Waals surface area (Å²) in [6.07, 6.45) is 10.5. The van der Waals surface area contributed by atoms with Crippen LogP contribution < -0.4 is 4.74 Å². The van der Waals surface area contributed by atoms with Crippen molar-refractivity contribution in [3.63, 3.8) is 0 Å². The van der Waals surface area contributed by atoms with E-state index in [1.165, 1.54) is 30.4 Å². The molecule has 94 valence electrons. The summed E-state index contributed by atoms with van der Waals surface area (Å²) >= 11 is 0. The summed E-state index contributed by atoms with van der Waals surface area (Å²) in [6.45, 7) is 1.55. The lowest BCUT2D eigenvalue weighted by Gasteiger charge is -2.19. The first-order valence-corrected chi connectivity index (χ1v) is 6.63. The summed E-state index contributed by atoms with van der Waals surface area (Å²) in [5.74, 6) is 1.08. The second-order valence-electron chi connectivity index (χ2n) is 4.75. The van der Waals surface area contributed by atoms with E-state index in [1.807, 2.05) is 17.1 Å². The van der Waals surface area contributed by atoms with Gasteiger partial charge in [0.05, 0.1) is 12.9 Å². The van der Waals surface area contributed by atoms with E-state index in [2.05, 4.69) is 23.2 Å². The smallest absolute Gasteiger partial charge is 0.122 e. The number of rotatable bonds is 4. The maximum atomic E-state index is 5.93. The van der Waals surface area contributed by atoms with Crippen LogP contribution in [0.3, 0.4) is 0 Å². The first-order valence-electron chi connectivity index (χ1n) is 6.63. The molecule has 18 heavy (non-hydrogen) atoms. The fraction of sp³-hybridized carbons (Fsp3) is 0.400. The molecule has 2 aromatic rings. The van der Waals surface area contributed by atoms with Crippen LogP contribution >= 0.6 is 0 Å². The summed E-state index contributed by atoms with van der Waals surface area (Å²) in [7, 11) is 0. The van der Waals surface area contributed by atoms with Gasteiger partial charge in [0.2, 0.25) is 0 Å². The Morgan fingerprint density at radius 3 is 3.06 bits per heavy atom. The minimum Gasteiger partial charge on any atom is -0.491 e. The van der Waals surface area contributed by atoms with E-state index < -0.39 is 0 Å². The first kappa shape index (κ1) is 11.3. The highest BCUT2D eigenvalue weighted by molar-refractivity contribution is 5.41. The van der Waals surface area contributed by atoms with Gasteiger partial charge in [0, 0.05) is 12.4 Å². The number of fused-ring (bicyclic) bond motifs is 1. The summed E-state index contributed by atoms with van der Waals surface area (Å²) in [5.41, 5.74) is 2.90. The Kier molecular flexibility index (Phi) is 3.31. The Labute approximate surface area is 107 Å². The predicted octanol–water partition coefficient (Wildman–Crippen LogP) is 2.84. The van der Waals surface area contributed by atoms with Gasteiger partial charge in [-0.2, -0.15) is 0 Å². The molecule has 3 rings (SSSR count). The molecule has 0 saturated carbocycles. The molecule has 0 spiro atoms. The summed E-state index contributed by atoms with van der Waals surface area (Å²) < 4.78 is 7.97. The minimum atomic E-state index is 0.701. The topological polar surface area (TPSA) is 27.1 Å². The molecule has 0 aliphatic heterocycles. The molecule has 0 atom stereocenters. The molecule has 0 saturated heterocycles. The number of imidazole rings is 1. The van der Waals surface area contributed by atoms with Gasteiger partial charge in [-0.05, 0) is 42.9 Å². The Bertz CT molecular complexity index is 505. The van der Waals surface area contributed by atoms with Gasteiger partial charge in [-0.15, -0.1) is 0 Å². The average Bonchev–Trinajstić information content (AvgIpc) is 2.92. The highest BCUT2D eigenvalue weighted by atomic mass is 16.5. The van der Waals surface area contributed by atoms with Gasteiger partial charge in [-0.1, -0.05) is 12.1 Å². The molecule has 1 aliphatic carbocycles. The Hall–Kier alpha value is -1.77. The third kappa shape index (κ3) is 2.40. The maximum Gasteiger partial charge on any atom is 0.122 e. The zero-order valence-corrected chi connectivity index (χ0v) is 10.5.